The molecule has 0 aliphatic carbocycles. The Morgan fingerprint density at radius 2 is 1.82 bits per heavy atom. The first-order valence-corrected chi connectivity index (χ1v) is 10.9. The fourth-order valence-electron chi connectivity index (χ4n) is 4.21. The molecule has 33 heavy (non-hydrogen) atoms. The van der Waals surface area contributed by atoms with E-state index < -0.39 is 0 Å². The van der Waals surface area contributed by atoms with Gasteiger partial charge in [0.2, 0.25) is 0 Å². The summed E-state index contributed by atoms with van der Waals surface area (Å²) >= 11 is 0. The van der Waals surface area contributed by atoms with Crippen molar-refractivity contribution >= 4 is 0 Å². The molecule has 1 aromatic heterocycles. The summed E-state index contributed by atoms with van der Waals surface area (Å²) in [7, 11) is 3.28. The molecule has 0 unspecified atom stereocenters. The number of methoxy groups -OCH3 is 2. The van der Waals surface area contributed by atoms with E-state index in [-0.39, 0.29) is 11.9 Å². The van der Waals surface area contributed by atoms with E-state index in [0.717, 1.165) is 49.6 Å². The topological polar surface area (TPSA) is 68.5 Å². The average molecular weight is 453 g/mol. The van der Waals surface area contributed by atoms with Crippen LogP contribution in [0.15, 0.2) is 55.1 Å². The van der Waals surface area contributed by atoms with Crippen LogP contribution in [-0.2, 0) is 6.54 Å². The number of rotatable bonds is 9. The number of hydrogen-bond acceptors (Lipinski definition) is 7. The molecule has 0 saturated carbocycles. The van der Waals surface area contributed by atoms with Crippen molar-refractivity contribution in [3.63, 3.8) is 0 Å². The van der Waals surface area contributed by atoms with E-state index >= 15 is 0 Å². The van der Waals surface area contributed by atoms with Gasteiger partial charge in [0.1, 0.15) is 23.4 Å². The summed E-state index contributed by atoms with van der Waals surface area (Å²) in [5.41, 5.74) is 1.88. The highest BCUT2D eigenvalue weighted by molar-refractivity contribution is 5.44. The number of tetrazole rings is 1. The van der Waals surface area contributed by atoms with Crippen LogP contribution in [0.1, 0.15) is 23.0 Å². The maximum absolute atomic E-state index is 13.4. The molecule has 0 radical (unpaired) electrons. The van der Waals surface area contributed by atoms with Crippen LogP contribution >= 0.6 is 0 Å². The largest absolute Gasteiger partial charge is 0.497 e. The predicted octanol–water partition coefficient (Wildman–Crippen LogP) is 2.77. The van der Waals surface area contributed by atoms with Crippen molar-refractivity contribution < 1.29 is 13.9 Å². The maximum atomic E-state index is 13.4. The Hall–Kier alpha value is -3.30. The third-order valence-electron chi connectivity index (χ3n) is 5.94. The van der Waals surface area contributed by atoms with E-state index in [1.807, 2.05) is 24.3 Å². The van der Waals surface area contributed by atoms with Gasteiger partial charge in [0.15, 0.2) is 5.82 Å². The van der Waals surface area contributed by atoms with Gasteiger partial charge in [-0.1, -0.05) is 18.2 Å². The van der Waals surface area contributed by atoms with Crippen LogP contribution in [0.2, 0.25) is 0 Å². The smallest absolute Gasteiger partial charge is 0.173 e. The maximum Gasteiger partial charge on any atom is 0.173 e. The van der Waals surface area contributed by atoms with Crippen LogP contribution in [0, 0.1) is 5.82 Å². The van der Waals surface area contributed by atoms with Crippen molar-refractivity contribution in [2.45, 2.75) is 12.6 Å². The normalized spacial score (nSPS) is 15.8. The Balaban J connectivity index is 1.71. The first-order valence-electron chi connectivity index (χ1n) is 10.9. The molecule has 3 aromatic rings. The fraction of sp³-hybridized carbons (Fsp3) is 0.375. The summed E-state index contributed by atoms with van der Waals surface area (Å²) in [6, 6.07) is 12.0. The van der Waals surface area contributed by atoms with Gasteiger partial charge in [-0.25, -0.2) is 9.07 Å². The van der Waals surface area contributed by atoms with E-state index in [9.17, 15) is 4.39 Å². The Bertz CT molecular complexity index is 1060. The van der Waals surface area contributed by atoms with Crippen LogP contribution in [0.4, 0.5) is 4.39 Å². The molecule has 0 amide bonds. The summed E-state index contributed by atoms with van der Waals surface area (Å²) in [4.78, 5) is 4.74. The van der Waals surface area contributed by atoms with E-state index in [4.69, 9.17) is 9.47 Å². The molecule has 1 fully saturated rings. The average Bonchev–Trinajstić information content (AvgIpc) is 3.29. The molecule has 4 rings (SSSR count). The third kappa shape index (κ3) is 5.20. The lowest BCUT2D eigenvalue weighted by Gasteiger charge is -2.38. The molecule has 174 valence electrons. The van der Waals surface area contributed by atoms with Gasteiger partial charge in [-0.2, -0.15) is 0 Å². The molecular weight excluding hydrogens is 423 g/mol. The number of aromatic nitrogens is 4. The summed E-state index contributed by atoms with van der Waals surface area (Å²) in [5.74, 6) is 1.87. The predicted molar refractivity (Wildman–Crippen MR) is 123 cm³/mol. The summed E-state index contributed by atoms with van der Waals surface area (Å²) in [6.45, 7) is 8.69. The highest BCUT2D eigenvalue weighted by Crippen LogP contribution is 2.36. The SMILES string of the molecule is C=CCN1CCN([C@@H](c2ccc(OC)cc2OC)c2nnnn2Cc2ccc(F)cc2)CC1. The first kappa shape index (κ1) is 22.9. The minimum absolute atomic E-state index is 0.216. The van der Waals surface area contributed by atoms with Crippen LogP contribution in [0.3, 0.4) is 0 Å². The first-order chi connectivity index (χ1) is 16.1. The second kappa shape index (κ2) is 10.5. The number of benzene rings is 2. The minimum atomic E-state index is -0.270. The standard InChI is InChI=1S/C24H29FN6O2/c1-4-11-29-12-14-30(15-13-29)23(21-10-9-20(32-2)16-22(21)33-3)24-26-27-28-31(24)17-18-5-7-19(25)8-6-18/h4-10,16,23H,1,11-15,17H2,2-3H3/t23-/m0/s1. The molecule has 9 heteroatoms. The number of nitrogens with zero attached hydrogens (tertiary/aromatic N) is 6. The summed E-state index contributed by atoms with van der Waals surface area (Å²) in [5, 5.41) is 12.7. The molecule has 2 heterocycles. The van der Waals surface area contributed by atoms with Gasteiger partial charge in [-0.15, -0.1) is 11.7 Å². The summed E-state index contributed by atoms with van der Waals surface area (Å²) in [6.07, 6.45) is 1.93. The Kier molecular flexibility index (Phi) is 7.31. The zero-order valence-corrected chi connectivity index (χ0v) is 19.0. The fourth-order valence-corrected chi connectivity index (χ4v) is 4.21. The van der Waals surface area contributed by atoms with E-state index in [1.165, 1.54) is 12.1 Å². The molecule has 1 aliphatic heterocycles. The van der Waals surface area contributed by atoms with E-state index in [2.05, 4.69) is 31.9 Å². The molecule has 0 bridgehead atoms. The van der Waals surface area contributed by atoms with Crippen molar-refractivity contribution in [3.8, 4) is 11.5 Å². The van der Waals surface area contributed by atoms with Crippen molar-refractivity contribution in [2.24, 2.45) is 0 Å². The number of ether oxygens (including phenoxy) is 2. The molecule has 0 spiro atoms. The molecule has 0 N–H and O–H groups in total. The quantitative estimate of drug-likeness (QED) is 0.463. The van der Waals surface area contributed by atoms with Gasteiger partial charge in [0.05, 0.1) is 20.8 Å². The highest BCUT2D eigenvalue weighted by atomic mass is 19.1. The zero-order chi connectivity index (χ0) is 23.2. The number of halogens is 1. The van der Waals surface area contributed by atoms with Gasteiger partial charge < -0.3 is 9.47 Å². The highest BCUT2D eigenvalue weighted by Gasteiger charge is 2.32. The Morgan fingerprint density at radius 1 is 1.06 bits per heavy atom. The molecule has 1 atom stereocenters. The number of hydrogen-bond donors (Lipinski definition) is 0. The lowest BCUT2D eigenvalue weighted by molar-refractivity contribution is 0.111. The Morgan fingerprint density at radius 3 is 2.48 bits per heavy atom. The van der Waals surface area contributed by atoms with Gasteiger partial charge >= 0.3 is 0 Å². The van der Waals surface area contributed by atoms with Gasteiger partial charge in [-0.3, -0.25) is 9.80 Å². The van der Waals surface area contributed by atoms with Crippen molar-refractivity contribution in [1.29, 1.82) is 0 Å². The molecule has 8 nitrogen and oxygen atoms in total. The second-order valence-corrected chi connectivity index (χ2v) is 7.96. The molecule has 1 aliphatic rings. The van der Waals surface area contributed by atoms with Crippen molar-refractivity contribution in [2.75, 3.05) is 46.9 Å². The van der Waals surface area contributed by atoms with E-state index in [1.54, 1.807) is 31.0 Å². The second-order valence-electron chi connectivity index (χ2n) is 7.96. The van der Waals surface area contributed by atoms with Crippen molar-refractivity contribution in [3.05, 3.63) is 77.9 Å². The number of piperazine rings is 1. The summed E-state index contributed by atoms with van der Waals surface area (Å²) < 4.78 is 26.3. The zero-order valence-electron chi connectivity index (χ0n) is 19.0. The van der Waals surface area contributed by atoms with Crippen molar-refractivity contribution in [1.82, 2.24) is 30.0 Å². The lowest BCUT2D eigenvalue weighted by atomic mass is 10.0. The van der Waals surface area contributed by atoms with Gasteiger partial charge in [0, 0.05) is 44.4 Å². The lowest BCUT2D eigenvalue weighted by Crippen LogP contribution is -2.48. The van der Waals surface area contributed by atoms with Crippen LogP contribution in [0.5, 0.6) is 11.5 Å². The monoisotopic (exact) mass is 452 g/mol. The van der Waals surface area contributed by atoms with Crippen LogP contribution < -0.4 is 9.47 Å². The third-order valence-corrected chi connectivity index (χ3v) is 5.94. The molecular formula is C24H29FN6O2. The van der Waals surface area contributed by atoms with Gasteiger partial charge in [0.25, 0.3) is 0 Å². The van der Waals surface area contributed by atoms with Gasteiger partial charge in [-0.05, 0) is 40.3 Å². The minimum Gasteiger partial charge on any atom is -0.497 e. The Labute approximate surface area is 193 Å². The molecule has 1 saturated heterocycles. The van der Waals surface area contributed by atoms with E-state index in [0.29, 0.717) is 18.1 Å². The van der Waals surface area contributed by atoms with Crippen LogP contribution in [-0.4, -0.2) is 77.0 Å². The molecule has 2 aromatic carbocycles. The van der Waals surface area contributed by atoms with Crippen LogP contribution in [0.25, 0.3) is 0 Å².